The van der Waals surface area contributed by atoms with Gasteiger partial charge in [-0.05, 0) is 40.0 Å². The maximum Gasteiger partial charge on any atom is 0.471 e. The van der Waals surface area contributed by atoms with Crippen LogP contribution in [0.4, 0.5) is 18.0 Å². The summed E-state index contributed by atoms with van der Waals surface area (Å²) >= 11 is 0. The van der Waals surface area contributed by atoms with E-state index in [1.54, 1.807) is 26.1 Å². The van der Waals surface area contributed by atoms with E-state index >= 15 is 0 Å². The van der Waals surface area contributed by atoms with Crippen LogP contribution in [-0.2, 0) is 9.53 Å². The lowest BCUT2D eigenvalue weighted by molar-refractivity contribution is -0.173. The fraction of sp³-hybridized carbons (Fsp3) is 0.857. The second kappa shape index (κ2) is 6.94. The number of hydrogen-bond donors (Lipinski definition) is 2. The molecule has 0 aromatic heterocycles. The number of nitrogens with one attached hydrogen (secondary N) is 1. The number of likely N-dealkylation sites (tertiary alicyclic amines) is 1. The topological polar surface area (TPSA) is 78.9 Å². The van der Waals surface area contributed by atoms with Crippen LogP contribution in [0.2, 0.25) is 0 Å². The number of hydrogen-bond acceptors (Lipinski definition) is 4. The van der Waals surface area contributed by atoms with Crippen molar-refractivity contribution in [3.05, 3.63) is 0 Å². The summed E-state index contributed by atoms with van der Waals surface area (Å²) in [7, 11) is 0. The first-order chi connectivity index (χ1) is 10.3. The zero-order valence-electron chi connectivity index (χ0n) is 13.5. The standard InChI is InChI=1S/C14H23F3N2O4/c1-12(2,3)23-11(21)19-8-5-13(22,6-9-19)4-7-18-10(20)14(15,16)17/h22H,4-9H2,1-3H3,(H,18,20). The Morgan fingerprint density at radius 1 is 1.22 bits per heavy atom. The Balaban J connectivity index is 2.39. The highest BCUT2D eigenvalue weighted by molar-refractivity contribution is 5.81. The molecule has 0 atom stereocenters. The summed E-state index contributed by atoms with van der Waals surface area (Å²) in [4.78, 5) is 24.0. The van der Waals surface area contributed by atoms with E-state index in [9.17, 15) is 27.9 Å². The molecule has 23 heavy (non-hydrogen) atoms. The van der Waals surface area contributed by atoms with Crippen LogP contribution < -0.4 is 5.32 Å². The molecule has 134 valence electrons. The van der Waals surface area contributed by atoms with Crippen molar-refractivity contribution in [1.29, 1.82) is 0 Å². The van der Waals surface area contributed by atoms with Crippen LogP contribution in [0, 0.1) is 0 Å². The summed E-state index contributed by atoms with van der Waals surface area (Å²) in [5.74, 6) is -2.02. The number of nitrogens with zero attached hydrogens (tertiary/aromatic N) is 1. The molecule has 0 unspecified atom stereocenters. The van der Waals surface area contributed by atoms with Crippen LogP contribution in [0.5, 0.6) is 0 Å². The van der Waals surface area contributed by atoms with E-state index in [0.29, 0.717) is 0 Å². The monoisotopic (exact) mass is 340 g/mol. The molecular formula is C14H23F3N2O4. The van der Waals surface area contributed by atoms with E-state index in [4.69, 9.17) is 4.74 Å². The average Bonchev–Trinajstić information content (AvgIpc) is 2.36. The smallest absolute Gasteiger partial charge is 0.444 e. The van der Waals surface area contributed by atoms with Crippen LogP contribution in [-0.4, -0.2) is 59.0 Å². The quantitative estimate of drug-likeness (QED) is 0.821. The van der Waals surface area contributed by atoms with Crippen molar-refractivity contribution in [2.24, 2.45) is 0 Å². The second-order valence-corrected chi connectivity index (χ2v) is 6.70. The van der Waals surface area contributed by atoms with E-state index in [1.165, 1.54) is 4.90 Å². The zero-order valence-corrected chi connectivity index (χ0v) is 13.5. The van der Waals surface area contributed by atoms with E-state index in [2.05, 4.69) is 0 Å². The number of rotatable bonds is 3. The fourth-order valence-electron chi connectivity index (χ4n) is 2.19. The molecule has 0 saturated carbocycles. The number of carbonyl (C=O) groups is 2. The van der Waals surface area contributed by atoms with Gasteiger partial charge in [-0.2, -0.15) is 13.2 Å². The van der Waals surface area contributed by atoms with E-state index in [1.807, 2.05) is 0 Å². The van der Waals surface area contributed by atoms with Crippen LogP contribution in [0.15, 0.2) is 0 Å². The molecule has 1 rings (SSSR count). The van der Waals surface area contributed by atoms with Gasteiger partial charge in [-0.3, -0.25) is 4.79 Å². The molecule has 0 bridgehead atoms. The first-order valence-electron chi connectivity index (χ1n) is 7.38. The molecule has 1 aliphatic heterocycles. The van der Waals surface area contributed by atoms with Crippen LogP contribution in [0.25, 0.3) is 0 Å². The molecule has 2 amide bonds. The Labute approximate surface area is 133 Å². The van der Waals surface area contributed by atoms with E-state index in [0.717, 1.165) is 0 Å². The van der Waals surface area contributed by atoms with Gasteiger partial charge in [0.1, 0.15) is 5.60 Å². The fourth-order valence-corrected chi connectivity index (χ4v) is 2.19. The largest absolute Gasteiger partial charge is 0.471 e. The first kappa shape index (κ1) is 19.5. The van der Waals surface area contributed by atoms with Crippen molar-refractivity contribution in [1.82, 2.24) is 10.2 Å². The minimum atomic E-state index is -4.93. The van der Waals surface area contributed by atoms with Crippen LogP contribution in [0.3, 0.4) is 0 Å². The Morgan fingerprint density at radius 2 is 1.74 bits per heavy atom. The molecule has 9 heteroatoms. The molecule has 1 heterocycles. The number of carbonyl (C=O) groups excluding carboxylic acids is 2. The van der Waals surface area contributed by atoms with E-state index in [-0.39, 0.29) is 38.9 Å². The minimum Gasteiger partial charge on any atom is -0.444 e. The summed E-state index contributed by atoms with van der Waals surface area (Å²) in [5.41, 5.74) is -1.82. The Kier molecular flexibility index (Phi) is 5.89. The minimum absolute atomic E-state index is 0.00300. The average molecular weight is 340 g/mol. The van der Waals surface area contributed by atoms with Crippen molar-refractivity contribution >= 4 is 12.0 Å². The maximum atomic E-state index is 12.1. The molecule has 0 aromatic rings. The summed E-state index contributed by atoms with van der Waals surface area (Å²) in [6.07, 6.45) is -4.98. The maximum absolute atomic E-state index is 12.1. The van der Waals surface area contributed by atoms with Crippen molar-refractivity contribution in [3.8, 4) is 0 Å². The van der Waals surface area contributed by atoms with Gasteiger partial charge in [0.05, 0.1) is 5.60 Å². The summed E-state index contributed by atoms with van der Waals surface area (Å²) in [6, 6.07) is 0. The zero-order chi connectivity index (χ0) is 17.9. The summed E-state index contributed by atoms with van der Waals surface area (Å²) in [5, 5.41) is 12.0. The van der Waals surface area contributed by atoms with Gasteiger partial charge in [0.25, 0.3) is 0 Å². The SMILES string of the molecule is CC(C)(C)OC(=O)N1CCC(O)(CCNC(=O)C(F)(F)F)CC1. The van der Waals surface area contributed by atoms with E-state index < -0.39 is 29.4 Å². The van der Waals surface area contributed by atoms with Gasteiger partial charge in [-0.1, -0.05) is 0 Å². The van der Waals surface area contributed by atoms with Gasteiger partial charge in [-0.15, -0.1) is 0 Å². The predicted octanol–water partition coefficient (Wildman–Crippen LogP) is 1.82. The Bertz CT molecular complexity index is 438. The first-order valence-corrected chi connectivity index (χ1v) is 7.38. The van der Waals surface area contributed by atoms with Gasteiger partial charge in [0.2, 0.25) is 0 Å². The highest BCUT2D eigenvalue weighted by Gasteiger charge is 2.39. The number of amides is 2. The van der Waals surface area contributed by atoms with Gasteiger partial charge in [0.15, 0.2) is 0 Å². The Morgan fingerprint density at radius 3 is 2.17 bits per heavy atom. The molecule has 6 nitrogen and oxygen atoms in total. The lowest BCUT2D eigenvalue weighted by Crippen LogP contribution is -2.49. The molecule has 0 radical (unpaired) electrons. The molecule has 0 aliphatic carbocycles. The normalized spacial score (nSPS) is 18.5. The number of piperidine rings is 1. The van der Waals surface area contributed by atoms with Gasteiger partial charge < -0.3 is 20.1 Å². The van der Waals surface area contributed by atoms with Crippen molar-refractivity contribution in [3.63, 3.8) is 0 Å². The number of aliphatic hydroxyl groups is 1. The summed E-state index contributed by atoms with van der Waals surface area (Å²) in [6.45, 7) is 5.45. The van der Waals surface area contributed by atoms with Crippen molar-refractivity contribution < 1.29 is 32.6 Å². The van der Waals surface area contributed by atoms with Gasteiger partial charge in [0, 0.05) is 19.6 Å². The van der Waals surface area contributed by atoms with Gasteiger partial charge >= 0.3 is 18.2 Å². The second-order valence-electron chi connectivity index (χ2n) is 6.70. The summed E-state index contributed by atoms with van der Waals surface area (Å²) < 4.78 is 41.4. The lowest BCUT2D eigenvalue weighted by Gasteiger charge is -2.38. The third-order valence-electron chi connectivity index (χ3n) is 3.48. The third kappa shape index (κ3) is 6.64. The molecule has 1 saturated heterocycles. The highest BCUT2D eigenvalue weighted by Crippen LogP contribution is 2.26. The van der Waals surface area contributed by atoms with Crippen LogP contribution >= 0.6 is 0 Å². The molecule has 2 N–H and O–H groups in total. The molecule has 1 fully saturated rings. The van der Waals surface area contributed by atoms with Crippen LogP contribution in [0.1, 0.15) is 40.0 Å². The molecule has 0 aromatic carbocycles. The highest BCUT2D eigenvalue weighted by atomic mass is 19.4. The number of halogens is 3. The lowest BCUT2D eigenvalue weighted by atomic mass is 9.88. The molecular weight excluding hydrogens is 317 g/mol. The van der Waals surface area contributed by atoms with Crippen molar-refractivity contribution in [2.75, 3.05) is 19.6 Å². The number of alkyl halides is 3. The molecule has 1 aliphatic rings. The Hall–Kier alpha value is -1.51. The molecule has 0 spiro atoms. The number of ether oxygens (including phenoxy) is 1. The van der Waals surface area contributed by atoms with Crippen molar-refractivity contribution in [2.45, 2.75) is 57.4 Å². The third-order valence-corrected chi connectivity index (χ3v) is 3.48. The van der Waals surface area contributed by atoms with Gasteiger partial charge in [-0.25, -0.2) is 4.79 Å². The predicted molar refractivity (Wildman–Crippen MR) is 75.7 cm³/mol.